The molecule has 0 spiro atoms. The van der Waals surface area contributed by atoms with E-state index in [1.807, 2.05) is 29.6 Å². The number of hydrogen-bond donors (Lipinski definition) is 1. The number of furan rings is 1. The second-order valence-corrected chi connectivity index (χ2v) is 4.11. The molecule has 0 saturated heterocycles. The predicted octanol–water partition coefficient (Wildman–Crippen LogP) is 2.56. The van der Waals surface area contributed by atoms with Crippen LogP contribution in [0, 0.1) is 0 Å². The van der Waals surface area contributed by atoms with Gasteiger partial charge in [0.1, 0.15) is 18.5 Å². The van der Waals surface area contributed by atoms with Crippen molar-refractivity contribution < 1.29 is 9.15 Å². The van der Waals surface area contributed by atoms with Gasteiger partial charge >= 0.3 is 0 Å². The third-order valence-electron chi connectivity index (χ3n) is 2.08. The summed E-state index contributed by atoms with van der Waals surface area (Å²) in [5.41, 5.74) is 5.65. The predicted molar refractivity (Wildman–Crippen MR) is 59.6 cm³/mol. The van der Waals surface area contributed by atoms with Crippen LogP contribution in [-0.2, 0) is 11.3 Å². The molecule has 0 bridgehead atoms. The Hall–Kier alpha value is -1.10. The smallest absolute Gasteiger partial charge is 0.129 e. The molecule has 4 heteroatoms. The van der Waals surface area contributed by atoms with E-state index in [1.54, 1.807) is 17.6 Å². The van der Waals surface area contributed by atoms with Gasteiger partial charge in [0.15, 0.2) is 0 Å². The van der Waals surface area contributed by atoms with Gasteiger partial charge in [-0.05, 0) is 23.6 Å². The van der Waals surface area contributed by atoms with E-state index in [0.29, 0.717) is 13.2 Å². The molecular formula is C11H13NO2S. The highest BCUT2D eigenvalue weighted by molar-refractivity contribution is 7.10. The molecule has 15 heavy (non-hydrogen) atoms. The Morgan fingerprint density at radius 2 is 2.33 bits per heavy atom. The zero-order chi connectivity index (χ0) is 10.5. The van der Waals surface area contributed by atoms with Gasteiger partial charge in [-0.3, -0.25) is 0 Å². The lowest BCUT2D eigenvalue weighted by atomic mass is 10.3. The monoisotopic (exact) mass is 223 g/mol. The van der Waals surface area contributed by atoms with Gasteiger partial charge in [-0.2, -0.15) is 0 Å². The Morgan fingerprint density at radius 3 is 2.93 bits per heavy atom. The molecule has 0 radical (unpaired) electrons. The number of hydrogen-bond acceptors (Lipinski definition) is 4. The average Bonchev–Trinajstić information content (AvgIpc) is 2.90. The molecule has 2 aromatic heterocycles. The summed E-state index contributed by atoms with van der Waals surface area (Å²) < 4.78 is 10.9. The SMILES string of the molecule is NCC(OCc1ccco1)c1cccs1. The van der Waals surface area contributed by atoms with Gasteiger partial charge in [0.05, 0.1) is 6.26 Å². The van der Waals surface area contributed by atoms with Gasteiger partial charge in [0.25, 0.3) is 0 Å². The normalized spacial score (nSPS) is 12.9. The average molecular weight is 223 g/mol. The molecule has 0 aromatic carbocycles. The number of rotatable bonds is 5. The van der Waals surface area contributed by atoms with Crippen molar-refractivity contribution in [1.82, 2.24) is 0 Å². The first-order chi connectivity index (χ1) is 7.40. The van der Waals surface area contributed by atoms with E-state index >= 15 is 0 Å². The molecule has 0 aliphatic carbocycles. The van der Waals surface area contributed by atoms with E-state index in [-0.39, 0.29) is 6.10 Å². The quantitative estimate of drug-likeness (QED) is 0.847. The van der Waals surface area contributed by atoms with Crippen LogP contribution >= 0.6 is 11.3 Å². The van der Waals surface area contributed by atoms with Gasteiger partial charge in [0.2, 0.25) is 0 Å². The molecule has 1 unspecified atom stereocenters. The van der Waals surface area contributed by atoms with Gasteiger partial charge in [0, 0.05) is 11.4 Å². The lowest BCUT2D eigenvalue weighted by Gasteiger charge is -2.13. The van der Waals surface area contributed by atoms with Crippen LogP contribution in [0.2, 0.25) is 0 Å². The molecular weight excluding hydrogens is 210 g/mol. The number of nitrogens with two attached hydrogens (primary N) is 1. The first-order valence-electron chi connectivity index (χ1n) is 4.77. The molecule has 0 aliphatic heterocycles. The highest BCUT2D eigenvalue weighted by Crippen LogP contribution is 2.22. The van der Waals surface area contributed by atoms with Crippen LogP contribution in [-0.4, -0.2) is 6.54 Å². The summed E-state index contributed by atoms with van der Waals surface area (Å²) in [4.78, 5) is 1.16. The Balaban J connectivity index is 1.92. The third kappa shape index (κ3) is 2.68. The molecule has 2 heterocycles. The third-order valence-corrected chi connectivity index (χ3v) is 3.05. The summed E-state index contributed by atoms with van der Waals surface area (Å²) in [6, 6.07) is 7.77. The zero-order valence-electron chi connectivity index (χ0n) is 8.26. The van der Waals surface area contributed by atoms with Crippen molar-refractivity contribution in [2.75, 3.05) is 6.54 Å². The fourth-order valence-corrected chi connectivity index (χ4v) is 2.11. The molecule has 2 rings (SSSR count). The molecule has 1 atom stereocenters. The Kier molecular flexibility index (Phi) is 3.55. The standard InChI is InChI=1S/C11H13NO2S/c12-7-10(11-4-2-6-15-11)14-8-9-3-1-5-13-9/h1-6,10H,7-8,12H2. The lowest BCUT2D eigenvalue weighted by molar-refractivity contribution is 0.0377. The maximum Gasteiger partial charge on any atom is 0.129 e. The maximum absolute atomic E-state index is 5.67. The highest BCUT2D eigenvalue weighted by Gasteiger charge is 2.11. The molecule has 0 amide bonds. The second kappa shape index (κ2) is 5.11. The van der Waals surface area contributed by atoms with Crippen molar-refractivity contribution in [3.63, 3.8) is 0 Å². The molecule has 2 aromatic rings. The van der Waals surface area contributed by atoms with Crippen LogP contribution in [0.25, 0.3) is 0 Å². The van der Waals surface area contributed by atoms with Crippen LogP contribution in [0.15, 0.2) is 40.3 Å². The van der Waals surface area contributed by atoms with Crippen LogP contribution in [0.3, 0.4) is 0 Å². The van der Waals surface area contributed by atoms with Crippen LogP contribution in [0.4, 0.5) is 0 Å². The number of ether oxygens (including phenoxy) is 1. The summed E-state index contributed by atoms with van der Waals surface area (Å²) in [5.74, 6) is 0.824. The van der Waals surface area contributed by atoms with Gasteiger partial charge in [-0.1, -0.05) is 6.07 Å². The molecule has 0 fully saturated rings. The Labute approximate surface area is 92.5 Å². The summed E-state index contributed by atoms with van der Waals surface area (Å²) in [6.07, 6.45) is 1.61. The first-order valence-corrected chi connectivity index (χ1v) is 5.65. The summed E-state index contributed by atoms with van der Waals surface area (Å²) in [5, 5.41) is 2.02. The van der Waals surface area contributed by atoms with E-state index in [2.05, 4.69) is 0 Å². The van der Waals surface area contributed by atoms with Crippen molar-refractivity contribution in [2.24, 2.45) is 5.73 Å². The Morgan fingerprint density at radius 1 is 1.40 bits per heavy atom. The summed E-state index contributed by atoms with van der Waals surface area (Å²) in [7, 11) is 0. The molecule has 0 saturated carbocycles. The fraction of sp³-hybridized carbons (Fsp3) is 0.273. The molecule has 0 aliphatic rings. The van der Waals surface area contributed by atoms with E-state index < -0.39 is 0 Å². The van der Waals surface area contributed by atoms with Crippen molar-refractivity contribution in [2.45, 2.75) is 12.7 Å². The zero-order valence-corrected chi connectivity index (χ0v) is 9.07. The summed E-state index contributed by atoms with van der Waals surface area (Å²) >= 11 is 1.66. The minimum absolute atomic E-state index is 0.0323. The molecule has 2 N–H and O–H groups in total. The molecule has 80 valence electrons. The largest absolute Gasteiger partial charge is 0.467 e. The molecule has 3 nitrogen and oxygen atoms in total. The van der Waals surface area contributed by atoms with E-state index in [1.165, 1.54) is 0 Å². The second-order valence-electron chi connectivity index (χ2n) is 3.13. The van der Waals surface area contributed by atoms with E-state index in [0.717, 1.165) is 10.6 Å². The summed E-state index contributed by atoms with van der Waals surface area (Å²) in [6.45, 7) is 0.952. The van der Waals surface area contributed by atoms with Gasteiger partial charge < -0.3 is 14.9 Å². The van der Waals surface area contributed by atoms with Crippen molar-refractivity contribution in [3.8, 4) is 0 Å². The highest BCUT2D eigenvalue weighted by atomic mass is 32.1. The van der Waals surface area contributed by atoms with Crippen molar-refractivity contribution in [3.05, 3.63) is 46.5 Å². The lowest BCUT2D eigenvalue weighted by Crippen LogP contribution is -2.14. The van der Waals surface area contributed by atoms with Crippen LogP contribution < -0.4 is 5.73 Å². The Bertz CT molecular complexity index is 369. The van der Waals surface area contributed by atoms with E-state index in [9.17, 15) is 0 Å². The minimum Gasteiger partial charge on any atom is -0.467 e. The van der Waals surface area contributed by atoms with E-state index in [4.69, 9.17) is 14.9 Å². The van der Waals surface area contributed by atoms with Gasteiger partial charge in [-0.25, -0.2) is 0 Å². The fourth-order valence-electron chi connectivity index (χ4n) is 1.32. The van der Waals surface area contributed by atoms with Gasteiger partial charge in [-0.15, -0.1) is 11.3 Å². The van der Waals surface area contributed by atoms with Crippen molar-refractivity contribution in [1.29, 1.82) is 0 Å². The first kappa shape index (κ1) is 10.4. The van der Waals surface area contributed by atoms with Crippen LogP contribution in [0.5, 0.6) is 0 Å². The van der Waals surface area contributed by atoms with Crippen molar-refractivity contribution >= 4 is 11.3 Å². The maximum atomic E-state index is 5.67. The van der Waals surface area contributed by atoms with Crippen LogP contribution in [0.1, 0.15) is 16.7 Å². The topological polar surface area (TPSA) is 48.4 Å². The minimum atomic E-state index is -0.0323. The number of thiophene rings is 1.